The number of hydrogen-bond donors (Lipinski definition) is 2. The van der Waals surface area contributed by atoms with Crippen molar-refractivity contribution >= 4 is 51.9 Å². The molecule has 0 fully saturated rings. The number of nitrogens with one attached hydrogen (secondary N) is 2. The molecule has 38 heavy (non-hydrogen) atoms. The lowest BCUT2D eigenvalue weighted by Crippen LogP contribution is -2.21. The molecule has 0 atom stereocenters. The van der Waals surface area contributed by atoms with Crippen LogP contribution in [0.25, 0.3) is 11.0 Å². The Kier molecular flexibility index (Phi) is 7.10. The van der Waals surface area contributed by atoms with E-state index in [1.807, 2.05) is 6.07 Å². The van der Waals surface area contributed by atoms with Crippen molar-refractivity contribution in [2.45, 2.75) is 5.03 Å². The van der Waals surface area contributed by atoms with Gasteiger partial charge in [-0.1, -0.05) is 23.9 Å². The van der Waals surface area contributed by atoms with Crippen molar-refractivity contribution < 1.29 is 33.0 Å². The van der Waals surface area contributed by atoms with Gasteiger partial charge in [0.25, 0.3) is 5.91 Å². The predicted octanol–water partition coefficient (Wildman–Crippen LogP) is 3.95. The van der Waals surface area contributed by atoms with Crippen LogP contribution >= 0.6 is 11.8 Å². The number of ether oxygens (including phenoxy) is 3. The number of nitriles is 1. The number of pyridine rings is 1. The van der Waals surface area contributed by atoms with Crippen LogP contribution in [0.2, 0.25) is 0 Å². The van der Waals surface area contributed by atoms with Crippen LogP contribution in [0.4, 0.5) is 11.4 Å². The number of furan rings is 1. The number of carbonyl (C=O) groups excluding carboxylic acids is 3. The van der Waals surface area contributed by atoms with Gasteiger partial charge in [0, 0.05) is 23.3 Å². The van der Waals surface area contributed by atoms with Crippen molar-refractivity contribution in [2.24, 2.45) is 0 Å². The second-order valence-electron chi connectivity index (χ2n) is 7.80. The van der Waals surface area contributed by atoms with Gasteiger partial charge < -0.3 is 29.3 Å². The van der Waals surface area contributed by atoms with Crippen LogP contribution in [0.1, 0.15) is 16.1 Å². The monoisotopic (exact) mass is 530 g/mol. The Bertz CT molecular complexity index is 1590. The average Bonchev–Trinajstić information content (AvgIpc) is 3.55. The second-order valence-corrected chi connectivity index (χ2v) is 8.76. The number of benzene rings is 2. The number of hydrogen-bond acceptors (Lipinski definition) is 10. The number of fused-ring (bicyclic) bond motifs is 2. The summed E-state index contributed by atoms with van der Waals surface area (Å²) in [6.45, 7) is -0.475. The topological polar surface area (TPSA) is 153 Å². The van der Waals surface area contributed by atoms with Crippen LogP contribution in [-0.2, 0) is 14.3 Å². The summed E-state index contributed by atoms with van der Waals surface area (Å²) >= 11 is 1.04. The third-order valence-corrected chi connectivity index (χ3v) is 6.29. The third-order valence-electron chi connectivity index (χ3n) is 5.28. The Hall–Kier alpha value is -5.02. The number of aromatic nitrogens is 1. The molecule has 11 nitrogen and oxygen atoms in total. The zero-order valence-electron chi connectivity index (χ0n) is 19.6. The molecular weight excluding hydrogens is 512 g/mol. The summed E-state index contributed by atoms with van der Waals surface area (Å²) in [5, 5.41) is 15.4. The van der Waals surface area contributed by atoms with Crippen molar-refractivity contribution in [1.29, 1.82) is 5.26 Å². The number of para-hydroxylation sites is 1. The molecule has 0 aliphatic carbocycles. The van der Waals surface area contributed by atoms with E-state index >= 15 is 0 Å². The average molecular weight is 531 g/mol. The van der Waals surface area contributed by atoms with E-state index in [1.165, 1.54) is 12.3 Å². The number of amides is 2. The first-order chi connectivity index (χ1) is 18.5. The molecule has 3 heterocycles. The molecule has 2 amide bonds. The van der Waals surface area contributed by atoms with Crippen molar-refractivity contribution in [2.75, 3.05) is 29.8 Å². The zero-order valence-corrected chi connectivity index (χ0v) is 20.4. The first-order valence-electron chi connectivity index (χ1n) is 11.2. The highest BCUT2D eigenvalue weighted by molar-refractivity contribution is 8.00. The molecule has 190 valence electrons. The third kappa shape index (κ3) is 5.37. The van der Waals surface area contributed by atoms with Gasteiger partial charge in [-0.15, -0.1) is 0 Å². The van der Waals surface area contributed by atoms with Gasteiger partial charge in [-0.2, -0.15) is 5.26 Å². The maximum atomic E-state index is 12.7. The lowest BCUT2D eigenvalue weighted by molar-refractivity contribution is -0.119. The molecular formula is C26H18N4O7S. The van der Waals surface area contributed by atoms with E-state index in [4.69, 9.17) is 18.6 Å². The van der Waals surface area contributed by atoms with Gasteiger partial charge in [-0.3, -0.25) is 9.59 Å². The molecule has 0 radical (unpaired) electrons. The van der Waals surface area contributed by atoms with E-state index in [0.29, 0.717) is 28.2 Å². The quantitative estimate of drug-likeness (QED) is 0.253. The molecule has 5 rings (SSSR count). The minimum Gasteiger partial charge on any atom is -0.454 e. The molecule has 0 saturated heterocycles. The van der Waals surface area contributed by atoms with Gasteiger partial charge in [0.15, 0.2) is 18.1 Å². The van der Waals surface area contributed by atoms with Crippen LogP contribution in [0.15, 0.2) is 70.2 Å². The van der Waals surface area contributed by atoms with E-state index in [9.17, 15) is 19.6 Å². The minimum atomic E-state index is -0.788. The highest BCUT2D eigenvalue weighted by atomic mass is 32.2. The molecule has 1 aliphatic rings. The number of rotatable bonds is 8. The number of carbonyl (C=O) groups is 3. The van der Waals surface area contributed by atoms with Crippen LogP contribution in [0, 0.1) is 11.3 Å². The highest BCUT2D eigenvalue weighted by Gasteiger charge is 2.20. The molecule has 0 unspecified atom stereocenters. The molecule has 2 N–H and O–H groups in total. The smallest absolute Gasteiger partial charge is 0.341 e. The van der Waals surface area contributed by atoms with E-state index in [-0.39, 0.29) is 40.5 Å². The van der Waals surface area contributed by atoms with Gasteiger partial charge in [0.1, 0.15) is 22.4 Å². The Morgan fingerprint density at radius 3 is 2.74 bits per heavy atom. The lowest BCUT2D eigenvalue weighted by atomic mass is 10.2. The van der Waals surface area contributed by atoms with Crippen molar-refractivity contribution in [3.8, 4) is 17.6 Å². The van der Waals surface area contributed by atoms with E-state index < -0.39 is 18.5 Å². The van der Waals surface area contributed by atoms with Gasteiger partial charge in [-0.05, 0) is 36.4 Å². The normalized spacial score (nSPS) is 11.6. The van der Waals surface area contributed by atoms with Crippen molar-refractivity contribution in [3.63, 3.8) is 0 Å². The van der Waals surface area contributed by atoms with Crippen LogP contribution in [0.5, 0.6) is 11.5 Å². The minimum absolute atomic E-state index is 0.0310. The maximum absolute atomic E-state index is 12.7. The molecule has 12 heteroatoms. The predicted molar refractivity (Wildman–Crippen MR) is 136 cm³/mol. The fraction of sp³-hybridized carbons (Fsp3) is 0.115. The summed E-state index contributed by atoms with van der Waals surface area (Å²) in [6.07, 6.45) is 1.48. The van der Waals surface area contributed by atoms with E-state index in [2.05, 4.69) is 15.6 Å². The van der Waals surface area contributed by atoms with Crippen LogP contribution in [0.3, 0.4) is 0 Å². The second kappa shape index (κ2) is 10.9. The first kappa shape index (κ1) is 24.7. The molecule has 0 spiro atoms. The summed E-state index contributed by atoms with van der Waals surface area (Å²) in [5.74, 6) is -0.705. The van der Waals surface area contributed by atoms with Gasteiger partial charge >= 0.3 is 5.97 Å². The van der Waals surface area contributed by atoms with E-state index in [1.54, 1.807) is 48.5 Å². The Labute approximate surface area is 219 Å². The van der Waals surface area contributed by atoms with Crippen LogP contribution < -0.4 is 20.1 Å². The van der Waals surface area contributed by atoms with Crippen molar-refractivity contribution in [3.05, 3.63) is 72.1 Å². The van der Waals surface area contributed by atoms with Gasteiger partial charge in [0.2, 0.25) is 18.5 Å². The highest BCUT2D eigenvalue weighted by Crippen LogP contribution is 2.34. The summed E-state index contributed by atoms with van der Waals surface area (Å²) in [7, 11) is 0. The first-order valence-corrected chi connectivity index (χ1v) is 12.2. The molecule has 2 aromatic heterocycles. The SMILES string of the molecule is N#Cc1oc2ccccc2c1NC(=O)COC(=O)c1cccnc1SCC(=O)Nc1ccc2c(c1)OCO2. The fourth-order valence-electron chi connectivity index (χ4n) is 3.60. The van der Waals surface area contributed by atoms with Crippen LogP contribution in [-0.4, -0.2) is 41.9 Å². The number of anilines is 2. The number of nitrogens with zero attached hydrogens (tertiary/aromatic N) is 2. The molecule has 2 aromatic carbocycles. The van der Waals surface area contributed by atoms with Gasteiger partial charge in [-0.25, -0.2) is 9.78 Å². The number of thioether (sulfide) groups is 1. The summed E-state index contributed by atoms with van der Waals surface area (Å²) < 4.78 is 21.1. The van der Waals surface area contributed by atoms with Gasteiger partial charge in [0.05, 0.1) is 11.3 Å². The summed E-state index contributed by atoms with van der Waals surface area (Å²) in [4.78, 5) is 41.8. The Morgan fingerprint density at radius 2 is 1.87 bits per heavy atom. The van der Waals surface area contributed by atoms with E-state index in [0.717, 1.165) is 11.8 Å². The van der Waals surface area contributed by atoms with Crippen molar-refractivity contribution in [1.82, 2.24) is 4.98 Å². The molecule has 0 bridgehead atoms. The summed E-state index contributed by atoms with van der Waals surface area (Å²) in [5.41, 5.74) is 1.29. The fourth-order valence-corrected chi connectivity index (χ4v) is 4.38. The molecule has 4 aromatic rings. The zero-order chi connectivity index (χ0) is 26.5. The Morgan fingerprint density at radius 1 is 1.03 bits per heavy atom. The maximum Gasteiger partial charge on any atom is 0.341 e. The number of esters is 1. The summed E-state index contributed by atoms with van der Waals surface area (Å²) in [6, 6.07) is 16.8. The lowest BCUT2D eigenvalue weighted by Gasteiger charge is -2.09. The Balaban J connectivity index is 1.17. The molecule has 1 aliphatic heterocycles. The standard InChI is InChI=1S/C26H18N4O7S/c27-11-21-24(16-4-1-2-6-18(16)37-21)30-22(31)12-34-26(33)17-5-3-9-28-25(17)38-13-23(32)29-15-7-8-19-20(10-15)36-14-35-19/h1-10H,12-14H2,(H,29,32)(H,30,31). The largest absolute Gasteiger partial charge is 0.454 e. The molecule has 0 saturated carbocycles.